The third-order valence-corrected chi connectivity index (χ3v) is 3.14. The molecule has 0 aromatic heterocycles. The van der Waals surface area contributed by atoms with Crippen molar-refractivity contribution < 1.29 is 23.4 Å². The first-order chi connectivity index (χ1) is 10.6. The van der Waals surface area contributed by atoms with Gasteiger partial charge in [-0.05, 0) is 30.2 Å². The van der Waals surface area contributed by atoms with Gasteiger partial charge in [0.05, 0.1) is 12.7 Å². The lowest BCUT2D eigenvalue weighted by Gasteiger charge is -2.16. The van der Waals surface area contributed by atoms with Gasteiger partial charge >= 0.3 is 6.61 Å². The lowest BCUT2D eigenvalue weighted by molar-refractivity contribution is -0.0514. The largest absolute Gasteiger partial charge is 0.490 e. The number of aliphatic hydroxyl groups excluding tert-OH is 1. The molecule has 0 radical (unpaired) electrons. The van der Waals surface area contributed by atoms with Gasteiger partial charge in [0.2, 0.25) is 0 Å². The van der Waals surface area contributed by atoms with Crippen LogP contribution in [0.15, 0.2) is 48.5 Å². The third-order valence-electron chi connectivity index (χ3n) is 3.14. The van der Waals surface area contributed by atoms with Crippen molar-refractivity contribution in [3.05, 3.63) is 59.7 Å². The molecule has 0 fully saturated rings. The van der Waals surface area contributed by atoms with Gasteiger partial charge in [0.15, 0.2) is 11.5 Å². The van der Waals surface area contributed by atoms with Gasteiger partial charge in [0, 0.05) is 6.42 Å². The number of alkyl halides is 2. The van der Waals surface area contributed by atoms with E-state index in [2.05, 4.69) is 4.74 Å². The molecule has 1 unspecified atom stereocenters. The average Bonchev–Trinajstić information content (AvgIpc) is 2.49. The van der Waals surface area contributed by atoms with Crippen LogP contribution >= 0.6 is 0 Å². The summed E-state index contributed by atoms with van der Waals surface area (Å²) in [5.41, 5.74) is 1.58. The van der Waals surface area contributed by atoms with E-state index in [4.69, 9.17) is 4.74 Å². The number of hydrogen-bond donors (Lipinski definition) is 1. The Balaban J connectivity index is 2.18. The maximum absolute atomic E-state index is 12.4. The Morgan fingerprint density at radius 2 is 1.77 bits per heavy atom. The van der Waals surface area contributed by atoms with Crippen molar-refractivity contribution in [1.82, 2.24) is 0 Å². The van der Waals surface area contributed by atoms with Gasteiger partial charge in [-0.2, -0.15) is 8.78 Å². The van der Waals surface area contributed by atoms with Crippen LogP contribution in [0.1, 0.15) is 24.2 Å². The molecule has 0 bridgehead atoms. The van der Waals surface area contributed by atoms with E-state index in [1.807, 2.05) is 30.3 Å². The number of ether oxygens (including phenoxy) is 2. The summed E-state index contributed by atoms with van der Waals surface area (Å²) in [5.74, 6) is 0.167. The number of aliphatic hydroxyl groups is 1. The number of hydrogen-bond acceptors (Lipinski definition) is 3. The third kappa shape index (κ3) is 4.43. The van der Waals surface area contributed by atoms with Crippen LogP contribution in [0.25, 0.3) is 0 Å². The van der Waals surface area contributed by atoms with Crippen molar-refractivity contribution in [3.63, 3.8) is 0 Å². The minimum absolute atomic E-state index is 0.0347. The minimum atomic E-state index is -2.92. The molecule has 2 rings (SSSR count). The van der Waals surface area contributed by atoms with Gasteiger partial charge in [-0.3, -0.25) is 0 Å². The topological polar surface area (TPSA) is 38.7 Å². The molecule has 1 N–H and O–H groups in total. The Bertz CT molecular complexity index is 588. The molecule has 118 valence electrons. The molecule has 0 spiro atoms. The van der Waals surface area contributed by atoms with E-state index in [1.165, 1.54) is 12.1 Å². The predicted molar refractivity (Wildman–Crippen MR) is 79.3 cm³/mol. The number of halogens is 2. The zero-order chi connectivity index (χ0) is 15.9. The van der Waals surface area contributed by atoms with E-state index in [-0.39, 0.29) is 11.5 Å². The highest BCUT2D eigenvalue weighted by molar-refractivity contribution is 5.44. The first-order valence-electron chi connectivity index (χ1n) is 7.03. The predicted octanol–water partition coefficient (Wildman–Crippen LogP) is 3.96. The van der Waals surface area contributed by atoms with Crippen LogP contribution in [-0.4, -0.2) is 18.3 Å². The average molecular weight is 308 g/mol. The zero-order valence-corrected chi connectivity index (χ0v) is 12.2. The Labute approximate surface area is 128 Å². The van der Waals surface area contributed by atoms with Crippen LogP contribution in [0.2, 0.25) is 0 Å². The highest BCUT2D eigenvalue weighted by atomic mass is 19.3. The quantitative estimate of drug-likeness (QED) is 0.841. The lowest BCUT2D eigenvalue weighted by Crippen LogP contribution is -2.07. The van der Waals surface area contributed by atoms with Crippen molar-refractivity contribution in [2.45, 2.75) is 26.1 Å². The fourth-order valence-corrected chi connectivity index (χ4v) is 2.15. The molecular weight excluding hydrogens is 290 g/mol. The Morgan fingerprint density at radius 3 is 2.41 bits per heavy atom. The second-order valence-electron chi connectivity index (χ2n) is 4.72. The molecule has 1 atom stereocenters. The molecule has 0 aliphatic carbocycles. The van der Waals surface area contributed by atoms with Crippen LogP contribution in [0, 0.1) is 0 Å². The van der Waals surface area contributed by atoms with Gasteiger partial charge in [0.25, 0.3) is 0 Å². The highest BCUT2D eigenvalue weighted by Gasteiger charge is 2.15. The second-order valence-corrected chi connectivity index (χ2v) is 4.72. The molecular formula is C17H18F2O3. The molecule has 0 saturated carbocycles. The Hall–Kier alpha value is -2.14. The van der Waals surface area contributed by atoms with E-state index in [1.54, 1.807) is 13.0 Å². The lowest BCUT2D eigenvalue weighted by atomic mass is 10.0. The molecule has 0 aliphatic rings. The van der Waals surface area contributed by atoms with Crippen molar-refractivity contribution >= 4 is 0 Å². The van der Waals surface area contributed by atoms with Crippen LogP contribution in [0.5, 0.6) is 11.5 Å². The van der Waals surface area contributed by atoms with Crippen LogP contribution < -0.4 is 9.47 Å². The Morgan fingerprint density at radius 1 is 1.05 bits per heavy atom. The smallest absolute Gasteiger partial charge is 0.387 e. The van der Waals surface area contributed by atoms with Crippen molar-refractivity contribution in [1.29, 1.82) is 0 Å². The Kier molecular flexibility index (Phi) is 5.72. The van der Waals surface area contributed by atoms with E-state index in [0.29, 0.717) is 18.6 Å². The maximum atomic E-state index is 12.4. The maximum Gasteiger partial charge on any atom is 0.387 e. The molecule has 22 heavy (non-hydrogen) atoms. The molecule has 0 aliphatic heterocycles. The summed E-state index contributed by atoms with van der Waals surface area (Å²) in [6.45, 7) is -0.851. The second kappa shape index (κ2) is 7.75. The SMILES string of the molecule is CCOc1cc(C(O)Cc2ccccc2)ccc1OC(F)F. The van der Waals surface area contributed by atoms with E-state index >= 15 is 0 Å². The number of rotatable bonds is 7. The summed E-state index contributed by atoms with van der Waals surface area (Å²) >= 11 is 0. The van der Waals surface area contributed by atoms with E-state index in [9.17, 15) is 13.9 Å². The fraction of sp³-hybridized carbons (Fsp3) is 0.294. The highest BCUT2D eigenvalue weighted by Crippen LogP contribution is 2.32. The number of benzene rings is 2. The van der Waals surface area contributed by atoms with Crippen LogP contribution in [0.3, 0.4) is 0 Å². The molecule has 2 aromatic carbocycles. The van der Waals surface area contributed by atoms with E-state index < -0.39 is 12.7 Å². The summed E-state index contributed by atoms with van der Waals surface area (Å²) in [5, 5.41) is 10.3. The molecule has 0 heterocycles. The summed E-state index contributed by atoms with van der Waals surface area (Å²) in [7, 11) is 0. The summed E-state index contributed by atoms with van der Waals surface area (Å²) in [6.07, 6.45) is -0.316. The summed E-state index contributed by atoms with van der Waals surface area (Å²) < 4.78 is 34.4. The van der Waals surface area contributed by atoms with Crippen molar-refractivity contribution in [2.24, 2.45) is 0 Å². The summed E-state index contributed by atoms with van der Waals surface area (Å²) in [6, 6.07) is 14.0. The fourth-order valence-electron chi connectivity index (χ4n) is 2.15. The normalized spacial score (nSPS) is 12.2. The van der Waals surface area contributed by atoms with Gasteiger partial charge in [-0.15, -0.1) is 0 Å². The van der Waals surface area contributed by atoms with Crippen molar-refractivity contribution in [3.8, 4) is 11.5 Å². The molecule has 0 saturated heterocycles. The van der Waals surface area contributed by atoms with E-state index in [0.717, 1.165) is 5.56 Å². The van der Waals surface area contributed by atoms with Gasteiger partial charge in [-0.25, -0.2) is 0 Å². The molecule has 5 heteroatoms. The molecule has 2 aromatic rings. The summed E-state index contributed by atoms with van der Waals surface area (Å²) in [4.78, 5) is 0. The van der Waals surface area contributed by atoms with Crippen molar-refractivity contribution in [2.75, 3.05) is 6.61 Å². The zero-order valence-electron chi connectivity index (χ0n) is 12.2. The first kappa shape index (κ1) is 16.2. The molecule has 0 amide bonds. The first-order valence-corrected chi connectivity index (χ1v) is 7.03. The molecule has 3 nitrogen and oxygen atoms in total. The monoisotopic (exact) mass is 308 g/mol. The van der Waals surface area contributed by atoms with Gasteiger partial charge in [-0.1, -0.05) is 36.4 Å². The standard InChI is InChI=1S/C17H18F2O3/c1-2-21-16-11-13(8-9-15(16)22-17(18)19)14(20)10-12-6-4-3-5-7-12/h3-9,11,14,17,20H,2,10H2,1H3. The van der Waals surface area contributed by atoms with Crippen LogP contribution in [-0.2, 0) is 6.42 Å². The van der Waals surface area contributed by atoms with Gasteiger partial charge in [0.1, 0.15) is 0 Å². The van der Waals surface area contributed by atoms with Crippen LogP contribution in [0.4, 0.5) is 8.78 Å². The van der Waals surface area contributed by atoms with Gasteiger partial charge < -0.3 is 14.6 Å². The minimum Gasteiger partial charge on any atom is -0.490 e.